The first kappa shape index (κ1) is 43.7. The zero-order valence-corrected chi connectivity index (χ0v) is 29.2. The number of unbranched alkanes of at least 4 members (excludes halogenated alkanes) is 24. The zero-order valence-electron chi connectivity index (χ0n) is 25.9. The molecule has 0 aromatic heterocycles. The maximum atomic E-state index is 3.72. The molecule has 0 aliphatic heterocycles. The van der Waals surface area contributed by atoms with Gasteiger partial charge >= 0.3 is 0 Å². The topological polar surface area (TPSA) is 0 Å². The molecular formula is C34H72Br2. The van der Waals surface area contributed by atoms with Crippen LogP contribution in [-0.4, -0.2) is 5.33 Å². The molecule has 0 aliphatic carbocycles. The van der Waals surface area contributed by atoms with E-state index < -0.39 is 0 Å². The Hall–Kier alpha value is 0.700. The van der Waals surface area contributed by atoms with Gasteiger partial charge in [0, 0.05) is 5.33 Å². The van der Waals surface area contributed by atoms with Gasteiger partial charge in [-0.05, 0) is 19.3 Å². The van der Waals surface area contributed by atoms with Gasteiger partial charge in [0.25, 0.3) is 0 Å². The van der Waals surface area contributed by atoms with Crippen molar-refractivity contribution < 1.29 is 0 Å². The van der Waals surface area contributed by atoms with E-state index in [1.54, 1.807) is 0 Å². The number of halogens is 2. The molecule has 36 heavy (non-hydrogen) atoms. The fourth-order valence-electron chi connectivity index (χ4n) is 4.21. The summed E-state index contributed by atoms with van der Waals surface area (Å²) in [6.07, 6.45) is 40.3. The van der Waals surface area contributed by atoms with E-state index >= 15 is 0 Å². The van der Waals surface area contributed by atoms with Gasteiger partial charge in [0.15, 0.2) is 0 Å². The molecule has 222 valence electrons. The lowest BCUT2D eigenvalue weighted by atomic mass is 10.1. The van der Waals surface area contributed by atoms with Gasteiger partial charge in [-0.15, -0.1) is 23.6 Å². The van der Waals surface area contributed by atoms with Gasteiger partial charge in [0.1, 0.15) is 0 Å². The molecule has 0 saturated heterocycles. The maximum absolute atomic E-state index is 3.72. The Morgan fingerprint density at radius 2 is 0.611 bits per heavy atom. The van der Waals surface area contributed by atoms with E-state index in [0.29, 0.717) is 0 Å². The minimum Gasteiger partial charge on any atom is -0.114 e. The Morgan fingerprint density at radius 1 is 0.389 bits per heavy atom. The zero-order chi connectivity index (χ0) is 26.5. The van der Waals surface area contributed by atoms with Crippen molar-refractivity contribution in [2.24, 2.45) is 0 Å². The van der Waals surface area contributed by atoms with Crippen LogP contribution < -0.4 is 0 Å². The Bertz CT molecular complexity index is 298. The van der Waals surface area contributed by atoms with Crippen molar-refractivity contribution in [2.45, 2.75) is 201 Å². The van der Waals surface area contributed by atoms with Crippen LogP contribution in [0.15, 0.2) is 12.7 Å². The molecule has 0 amide bonds. The van der Waals surface area contributed by atoms with E-state index in [-0.39, 0.29) is 17.0 Å². The third-order valence-electron chi connectivity index (χ3n) is 6.71. The molecule has 0 aromatic rings. The van der Waals surface area contributed by atoms with E-state index in [1.165, 1.54) is 179 Å². The van der Waals surface area contributed by atoms with Crippen LogP contribution in [0.1, 0.15) is 201 Å². The highest BCUT2D eigenvalue weighted by Crippen LogP contribution is 2.11. The van der Waals surface area contributed by atoms with Crippen molar-refractivity contribution in [2.75, 3.05) is 5.33 Å². The number of hydrogen-bond donors (Lipinski definition) is 0. The fraction of sp³-hybridized carbons (Fsp3) is 0.941. The van der Waals surface area contributed by atoms with Gasteiger partial charge in [0.2, 0.25) is 0 Å². The summed E-state index contributed by atoms with van der Waals surface area (Å²) >= 11 is 3.45. The first-order valence-electron chi connectivity index (χ1n) is 16.4. The molecule has 0 nitrogen and oxygen atoms in total. The molecule has 0 radical (unpaired) electrons. The van der Waals surface area contributed by atoms with Crippen molar-refractivity contribution >= 4 is 32.9 Å². The van der Waals surface area contributed by atoms with E-state index in [0.717, 1.165) is 0 Å². The number of hydrogen-bond acceptors (Lipinski definition) is 0. The summed E-state index contributed by atoms with van der Waals surface area (Å²) in [6, 6.07) is 0. The normalized spacial score (nSPS) is 10.0. The smallest absolute Gasteiger partial charge is 0.00313 e. The van der Waals surface area contributed by atoms with E-state index in [4.69, 9.17) is 0 Å². The van der Waals surface area contributed by atoms with Crippen molar-refractivity contribution in [1.82, 2.24) is 0 Å². The van der Waals surface area contributed by atoms with Crippen molar-refractivity contribution in [1.29, 1.82) is 0 Å². The molecule has 0 fully saturated rings. The van der Waals surface area contributed by atoms with Crippen LogP contribution in [0.5, 0.6) is 0 Å². The van der Waals surface area contributed by atoms with Gasteiger partial charge in [-0.3, -0.25) is 0 Å². The summed E-state index contributed by atoms with van der Waals surface area (Å²) in [6.45, 7) is 12.8. The molecule has 0 atom stereocenters. The Labute approximate surface area is 250 Å². The number of allylic oxidation sites excluding steroid dienone is 1. The second-order valence-electron chi connectivity index (χ2n) is 10.5. The summed E-state index contributed by atoms with van der Waals surface area (Å²) in [5, 5.41) is 1.18. The lowest BCUT2D eigenvalue weighted by Gasteiger charge is -1.99. The fourth-order valence-corrected chi connectivity index (χ4v) is 4.61. The minimum absolute atomic E-state index is 0. The first-order valence-corrected chi connectivity index (χ1v) is 17.5. The van der Waals surface area contributed by atoms with Gasteiger partial charge in [-0.2, -0.15) is 0 Å². The van der Waals surface area contributed by atoms with E-state index in [2.05, 4.69) is 50.2 Å². The molecule has 0 unspecified atom stereocenters. The van der Waals surface area contributed by atoms with Crippen molar-refractivity contribution in [3.05, 3.63) is 12.7 Å². The van der Waals surface area contributed by atoms with Crippen LogP contribution in [0.3, 0.4) is 0 Å². The lowest BCUT2D eigenvalue weighted by Crippen LogP contribution is -1.81. The monoisotopic (exact) mass is 638 g/mol. The van der Waals surface area contributed by atoms with Crippen LogP contribution in [-0.2, 0) is 0 Å². The van der Waals surface area contributed by atoms with Gasteiger partial charge < -0.3 is 0 Å². The highest BCUT2D eigenvalue weighted by atomic mass is 79.9. The van der Waals surface area contributed by atoms with Crippen LogP contribution in [0.25, 0.3) is 0 Å². The Kier molecular flexibility index (Phi) is 59.2. The number of rotatable bonds is 26. The molecule has 0 aromatic carbocycles. The number of alkyl halides is 1. The molecule has 0 bridgehead atoms. The van der Waals surface area contributed by atoms with Gasteiger partial charge in [-0.1, -0.05) is 204 Å². The van der Waals surface area contributed by atoms with Crippen LogP contribution in [0.4, 0.5) is 0 Å². The molecule has 0 spiro atoms. The summed E-state index contributed by atoms with van der Waals surface area (Å²) in [7, 11) is 0. The minimum atomic E-state index is 0. The van der Waals surface area contributed by atoms with Crippen LogP contribution in [0, 0.1) is 0 Å². The second kappa shape index (κ2) is 48.7. The molecular weight excluding hydrogens is 568 g/mol. The lowest BCUT2D eigenvalue weighted by molar-refractivity contribution is 0.572. The van der Waals surface area contributed by atoms with E-state index in [9.17, 15) is 0 Å². The Balaban J connectivity index is -0.000000211. The highest BCUT2D eigenvalue weighted by molar-refractivity contribution is 9.09. The molecule has 0 saturated carbocycles. The molecule has 0 rings (SSSR count). The van der Waals surface area contributed by atoms with Gasteiger partial charge in [0.05, 0.1) is 0 Å². The largest absolute Gasteiger partial charge is 0.114 e. The van der Waals surface area contributed by atoms with Gasteiger partial charge in [-0.25, -0.2) is 0 Å². The quantitative estimate of drug-likeness (QED) is 0.0501. The van der Waals surface area contributed by atoms with E-state index in [1.807, 2.05) is 6.08 Å². The standard InChI is InChI=1S/C12H24.C11H23Br.C11H24.BrH/c1-3-5-7-9-11-12-10-8-6-4-2;1-2-3-4-5-6-7-8-9-10-11-12;1-3-5-7-9-11-10-8-6-4-2;/h3H,1,4-12H2,2H3;2-11H2,1H3;3-11H2,1-2H3;1H. The molecule has 0 aliphatic rings. The average molecular weight is 641 g/mol. The van der Waals surface area contributed by atoms with Crippen LogP contribution >= 0.6 is 32.9 Å². The maximum Gasteiger partial charge on any atom is 0.00313 e. The molecule has 0 heterocycles. The second-order valence-corrected chi connectivity index (χ2v) is 11.3. The van der Waals surface area contributed by atoms with Crippen molar-refractivity contribution in [3.63, 3.8) is 0 Å². The van der Waals surface area contributed by atoms with Crippen molar-refractivity contribution in [3.8, 4) is 0 Å². The third kappa shape index (κ3) is 55.3. The summed E-state index contributed by atoms with van der Waals surface area (Å²) < 4.78 is 0. The van der Waals surface area contributed by atoms with Crippen LogP contribution in [0.2, 0.25) is 0 Å². The molecule has 0 N–H and O–H groups in total. The third-order valence-corrected chi connectivity index (χ3v) is 7.27. The predicted molar refractivity (Wildman–Crippen MR) is 182 cm³/mol. The summed E-state index contributed by atoms with van der Waals surface area (Å²) in [4.78, 5) is 0. The molecule has 2 heteroatoms. The summed E-state index contributed by atoms with van der Waals surface area (Å²) in [5.74, 6) is 0. The highest BCUT2D eigenvalue weighted by Gasteiger charge is 1.91. The predicted octanol–water partition coefficient (Wildman–Crippen LogP) is 14.7. The first-order chi connectivity index (χ1) is 17.2. The average Bonchev–Trinajstić information content (AvgIpc) is 2.88. The Morgan fingerprint density at radius 3 is 0.833 bits per heavy atom. The SMILES string of the molecule is Br.C=CCCCCCCCCCC.CCCCCCCCCCC.CCCCCCCCCCCBr. The summed E-state index contributed by atoms with van der Waals surface area (Å²) in [5.41, 5.74) is 0.